The van der Waals surface area contributed by atoms with Crippen molar-refractivity contribution in [3.63, 3.8) is 0 Å². The third-order valence-electron chi connectivity index (χ3n) is 6.58. The minimum Gasteiger partial charge on any atom is -0.480 e. The molecule has 170 valence electrons. The summed E-state index contributed by atoms with van der Waals surface area (Å²) in [5.74, 6) is 0.322. The summed E-state index contributed by atoms with van der Waals surface area (Å²) in [6.45, 7) is 1.64. The van der Waals surface area contributed by atoms with Crippen molar-refractivity contribution in [3.8, 4) is 0 Å². The molecule has 3 atom stereocenters. The standard InChI is InChI=1S/C25H32N4O3/c1-29(15-13-21(25(31)32)28-24(30)18-6-3-2-4-7-18)22-16-19(22)10-12-20-11-9-17-8-5-14-26-23(17)27-20/h2-4,6-7,9,11,19,21-22H,5,8,10,12-16H2,1H3,(H,26,27)(H,28,30)(H,31,32). The van der Waals surface area contributed by atoms with Gasteiger partial charge < -0.3 is 20.6 Å². The van der Waals surface area contributed by atoms with Crippen LogP contribution >= 0.6 is 0 Å². The Morgan fingerprint density at radius 1 is 1.25 bits per heavy atom. The van der Waals surface area contributed by atoms with Crippen LogP contribution in [-0.2, 0) is 17.6 Å². The van der Waals surface area contributed by atoms with Crippen LogP contribution < -0.4 is 10.6 Å². The van der Waals surface area contributed by atoms with Crippen molar-refractivity contribution in [1.82, 2.24) is 15.2 Å². The number of carboxylic acids is 1. The lowest BCUT2D eigenvalue weighted by Crippen LogP contribution is -2.43. The van der Waals surface area contributed by atoms with Crippen LogP contribution in [0, 0.1) is 5.92 Å². The predicted molar refractivity (Wildman–Crippen MR) is 124 cm³/mol. The third kappa shape index (κ3) is 5.65. The van der Waals surface area contributed by atoms with E-state index >= 15 is 0 Å². The Balaban J connectivity index is 1.21. The fourth-order valence-corrected chi connectivity index (χ4v) is 4.51. The summed E-state index contributed by atoms with van der Waals surface area (Å²) in [7, 11) is 2.05. The second-order valence-corrected chi connectivity index (χ2v) is 8.94. The summed E-state index contributed by atoms with van der Waals surface area (Å²) in [5, 5.41) is 15.6. The Bertz CT molecular complexity index is 949. The van der Waals surface area contributed by atoms with Gasteiger partial charge in [-0.05, 0) is 75.3 Å². The lowest BCUT2D eigenvalue weighted by molar-refractivity contribution is -0.139. The summed E-state index contributed by atoms with van der Waals surface area (Å²) in [5.41, 5.74) is 2.93. The van der Waals surface area contributed by atoms with E-state index in [1.54, 1.807) is 24.3 Å². The van der Waals surface area contributed by atoms with Crippen LogP contribution in [0.1, 0.15) is 47.3 Å². The second-order valence-electron chi connectivity index (χ2n) is 8.94. The normalized spacial score (nSPS) is 20.2. The van der Waals surface area contributed by atoms with Crippen LogP contribution in [0.5, 0.6) is 0 Å². The van der Waals surface area contributed by atoms with Crippen LogP contribution in [0.15, 0.2) is 42.5 Å². The number of aliphatic carboxylic acids is 1. The number of benzene rings is 1. The van der Waals surface area contributed by atoms with E-state index < -0.39 is 12.0 Å². The highest BCUT2D eigenvalue weighted by Gasteiger charge is 2.39. The van der Waals surface area contributed by atoms with Gasteiger partial charge >= 0.3 is 5.97 Å². The van der Waals surface area contributed by atoms with Crippen molar-refractivity contribution in [2.45, 2.75) is 50.6 Å². The van der Waals surface area contributed by atoms with Gasteiger partial charge in [-0.3, -0.25) is 4.79 Å². The molecule has 0 bridgehead atoms. The van der Waals surface area contributed by atoms with Crippen molar-refractivity contribution in [3.05, 3.63) is 59.3 Å². The van der Waals surface area contributed by atoms with E-state index in [1.165, 1.54) is 12.0 Å². The van der Waals surface area contributed by atoms with Gasteiger partial charge in [-0.1, -0.05) is 24.3 Å². The molecule has 0 spiro atoms. The SMILES string of the molecule is CN(CCC(NC(=O)c1ccccc1)C(=O)O)C1CC1CCc1ccc2c(n1)NCCC2. The number of carbonyl (C=O) groups is 2. The molecule has 1 saturated carbocycles. The maximum Gasteiger partial charge on any atom is 0.326 e. The molecule has 0 saturated heterocycles. The highest BCUT2D eigenvalue weighted by atomic mass is 16.4. The maximum atomic E-state index is 12.3. The first kappa shape index (κ1) is 22.3. The number of pyridine rings is 1. The van der Waals surface area contributed by atoms with Gasteiger partial charge in [0.2, 0.25) is 0 Å². The van der Waals surface area contributed by atoms with E-state index in [9.17, 15) is 14.7 Å². The molecule has 4 rings (SSSR count). The number of amides is 1. The number of carbonyl (C=O) groups excluding carboxylic acids is 1. The Hall–Kier alpha value is -2.93. The Morgan fingerprint density at radius 3 is 2.84 bits per heavy atom. The fourth-order valence-electron chi connectivity index (χ4n) is 4.51. The first-order valence-electron chi connectivity index (χ1n) is 11.5. The van der Waals surface area contributed by atoms with E-state index in [0.717, 1.165) is 43.7 Å². The largest absolute Gasteiger partial charge is 0.480 e. The molecule has 1 amide bonds. The fraction of sp³-hybridized carbons (Fsp3) is 0.480. The van der Waals surface area contributed by atoms with Crippen molar-refractivity contribution in [2.24, 2.45) is 5.92 Å². The summed E-state index contributed by atoms with van der Waals surface area (Å²) in [6.07, 6.45) is 5.85. The summed E-state index contributed by atoms with van der Waals surface area (Å²) >= 11 is 0. The van der Waals surface area contributed by atoms with Crippen LogP contribution in [0.4, 0.5) is 5.82 Å². The molecule has 32 heavy (non-hydrogen) atoms. The molecule has 1 aromatic heterocycles. The van der Waals surface area contributed by atoms with Gasteiger partial charge in [0.15, 0.2) is 0 Å². The summed E-state index contributed by atoms with van der Waals surface area (Å²) in [4.78, 5) is 31.0. The number of nitrogens with one attached hydrogen (secondary N) is 2. The number of aromatic nitrogens is 1. The van der Waals surface area contributed by atoms with Gasteiger partial charge in [-0.25, -0.2) is 9.78 Å². The van der Waals surface area contributed by atoms with E-state index in [4.69, 9.17) is 4.98 Å². The lowest BCUT2D eigenvalue weighted by atomic mass is 10.1. The van der Waals surface area contributed by atoms with Crippen molar-refractivity contribution < 1.29 is 14.7 Å². The maximum absolute atomic E-state index is 12.3. The molecular formula is C25H32N4O3. The zero-order valence-corrected chi connectivity index (χ0v) is 18.6. The van der Waals surface area contributed by atoms with Gasteiger partial charge in [0.25, 0.3) is 5.91 Å². The number of fused-ring (bicyclic) bond motifs is 1. The number of rotatable bonds is 10. The molecule has 7 nitrogen and oxygen atoms in total. The number of aryl methyl sites for hydroxylation is 2. The Morgan fingerprint density at radius 2 is 2.06 bits per heavy atom. The van der Waals surface area contributed by atoms with Crippen LogP contribution in [0.3, 0.4) is 0 Å². The molecule has 2 heterocycles. The quantitative estimate of drug-likeness (QED) is 0.530. The molecule has 1 aliphatic heterocycles. The van der Waals surface area contributed by atoms with E-state index in [0.29, 0.717) is 30.5 Å². The monoisotopic (exact) mass is 436 g/mol. The number of hydrogen-bond donors (Lipinski definition) is 3. The number of carboxylic acid groups (broad SMARTS) is 1. The average molecular weight is 437 g/mol. The molecule has 2 aliphatic rings. The number of anilines is 1. The molecule has 1 fully saturated rings. The van der Waals surface area contributed by atoms with Crippen LogP contribution in [0.25, 0.3) is 0 Å². The smallest absolute Gasteiger partial charge is 0.326 e. The van der Waals surface area contributed by atoms with Gasteiger partial charge in [-0.15, -0.1) is 0 Å². The van der Waals surface area contributed by atoms with Gasteiger partial charge in [0.1, 0.15) is 11.9 Å². The molecule has 2 aromatic rings. The van der Waals surface area contributed by atoms with E-state index in [2.05, 4.69) is 27.7 Å². The molecule has 3 N–H and O–H groups in total. The van der Waals surface area contributed by atoms with Gasteiger partial charge in [0.05, 0.1) is 0 Å². The summed E-state index contributed by atoms with van der Waals surface area (Å²) < 4.78 is 0. The number of hydrogen-bond acceptors (Lipinski definition) is 5. The Kier molecular flexibility index (Phi) is 7.05. The zero-order chi connectivity index (χ0) is 22.5. The first-order chi connectivity index (χ1) is 15.5. The zero-order valence-electron chi connectivity index (χ0n) is 18.6. The molecule has 1 aromatic carbocycles. The highest BCUT2D eigenvalue weighted by Crippen LogP contribution is 2.38. The minimum absolute atomic E-state index is 0.350. The first-order valence-corrected chi connectivity index (χ1v) is 11.5. The van der Waals surface area contributed by atoms with Crippen molar-refractivity contribution >= 4 is 17.7 Å². The molecular weight excluding hydrogens is 404 g/mol. The average Bonchev–Trinajstić information content (AvgIpc) is 3.60. The van der Waals surface area contributed by atoms with E-state index in [1.807, 2.05) is 13.1 Å². The molecule has 3 unspecified atom stereocenters. The minimum atomic E-state index is -0.998. The van der Waals surface area contributed by atoms with Crippen molar-refractivity contribution in [1.29, 1.82) is 0 Å². The molecule has 7 heteroatoms. The van der Waals surface area contributed by atoms with Crippen molar-refractivity contribution in [2.75, 3.05) is 25.5 Å². The Labute approximate surface area is 189 Å². The number of nitrogens with zero attached hydrogens (tertiary/aromatic N) is 2. The topological polar surface area (TPSA) is 94.6 Å². The highest BCUT2D eigenvalue weighted by molar-refractivity contribution is 5.96. The molecule has 0 radical (unpaired) electrons. The van der Waals surface area contributed by atoms with Gasteiger partial charge in [-0.2, -0.15) is 0 Å². The van der Waals surface area contributed by atoms with Crippen LogP contribution in [0.2, 0.25) is 0 Å². The van der Waals surface area contributed by atoms with Gasteiger partial charge in [0, 0.05) is 30.4 Å². The second kappa shape index (κ2) is 10.1. The lowest BCUT2D eigenvalue weighted by Gasteiger charge is -2.21. The van der Waals surface area contributed by atoms with E-state index in [-0.39, 0.29) is 5.91 Å². The summed E-state index contributed by atoms with van der Waals surface area (Å²) in [6, 6.07) is 12.7. The molecule has 1 aliphatic carbocycles. The predicted octanol–water partition coefficient (Wildman–Crippen LogP) is 2.97. The third-order valence-corrected chi connectivity index (χ3v) is 6.58. The van der Waals surface area contributed by atoms with Crippen LogP contribution in [-0.4, -0.2) is 59.1 Å².